The standard InChI is InChI=1S/C17H22N2/c1-13-5-4-6-16(11-13)18-9-10-19-17-8-7-14(2)15(3)12-17/h4-8,11-12,18-19H,9-10H2,1-3H3. The van der Waals surface area contributed by atoms with Gasteiger partial charge in [0, 0.05) is 24.5 Å². The van der Waals surface area contributed by atoms with Gasteiger partial charge in [0.1, 0.15) is 0 Å². The Morgan fingerprint density at radius 2 is 1.42 bits per heavy atom. The van der Waals surface area contributed by atoms with E-state index in [2.05, 4.69) is 73.9 Å². The molecule has 0 spiro atoms. The lowest BCUT2D eigenvalue weighted by atomic mass is 10.1. The second-order valence-corrected chi connectivity index (χ2v) is 5.02. The monoisotopic (exact) mass is 254 g/mol. The topological polar surface area (TPSA) is 24.1 Å². The molecule has 0 aromatic heterocycles. The summed E-state index contributed by atoms with van der Waals surface area (Å²) in [5.41, 5.74) is 6.32. The minimum atomic E-state index is 0.913. The molecule has 0 radical (unpaired) electrons. The largest absolute Gasteiger partial charge is 0.383 e. The first-order valence-corrected chi connectivity index (χ1v) is 6.77. The van der Waals surface area contributed by atoms with Crippen molar-refractivity contribution in [3.8, 4) is 0 Å². The summed E-state index contributed by atoms with van der Waals surface area (Å²) in [5, 5.41) is 6.85. The van der Waals surface area contributed by atoms with Gasteiger partial charge in [-0.05, 0) is 61.7 Å². The SMILES string of the molecule is Cc1cccc(NCCNc2ccc(C)c(C)c2)c1. The van der Waals surface area contributed by atoms with Crippen LogP contribution in [0.15, 0.2) is 42.5 Å². The zero-order valence-corrected chi connectivity index (χ0v) is 12.0. The summed E-state index contributed by atoms with van der Waals surface area (Å²) in [4.78, 5) is 0. The van der Waals surface area contributed by atoms with Crippen molar-refractivity contribution in [3.05, 3.63) is 59.2 Å². The number of benzene rings is 2. The van der Waals surface area contributed by atoms with Crippen molar-refractivity contribution in [2.75, 3.05) is 23.7 Å². The number of rotatable bonds is 5. The van der Waals surface area contributed by atoms with Crippen molar-refractivity contribution in [1.82, 2.24) is 0 Å². The number of anilines is 2. The zero-order valence-electron chi connectivity index (χ0n) is 12.0. The van der Waals surface area contributed by atoms with Crippen LogP contribution >= 0.6 is 0 Å². The van der Waals surface area contributed by atoms with Gasteiger partial charge in [0.2, 0.25) is 0 Å². The molecular formula is C17H22N2. The van der Waals surface area contributed by atoms with Crippen molar-refractivity contribution in [2.24, 2.45) is 0 Å². The van der Waals surface area contributed by atoms with Crippen LogP contribution in [0.3, 0.4) is 0 Å². The number of nitrogens with one attached hydrogen (secondary N) is 2. The summed E-state index contributed by atoms with van der Waals surface area (Å²) in [7, 11) is 0. The average molecular weight is 254 g/mol. The number of aryl methyl sites for hydroxylation is 3. The van der Waals surface area contributed by atoms with Crippen LogP contribution in [0.5, 0.6) is 0 Å². The lowest BCUT2D eigenvalue weighted by molar-refractivity contribution is 1.08. The van der Waals surface area contributed by atoms with Crippen LogP contribution in [-0.2, 0) is 0 Å². The molecule has 0 aliphatic heterocycles. The fraction of sp³-hybridized carbons (Fsp3) is 0.294. The molecule has 0 aliphatic carbocycles. The van der Waals surface area contributed by atoms with E-state index in [1.54, 1.807) is 0 Å². The molecule has 2 rings (SSSR count). The van der Waals surface area contributed by atoms with Gasteiger partial charge in [0.05, 0.1) is 0 Å². The molecule has 100 valence electrons. The Morgan fingerprint density at radius 1 is 0.737 bits per heavy atom. The van der Waals surface area contributed by atoms with Crippen LogP contribution in [0, 0.1) is 20.8 Å². The molecule has 2 nitrogen and oxygen atoms in total. The van der Waals surface area contributed by atoms with E-state index < -0.39 is 0 Å². The Morgan fingerprint density at radius 3 is 2.05 bits per heavy atom. The Balaban J connectivity index is 1.79. The zero-order chi connectivity index (χ0) is 13.7. The van der Waals surface area contributed by atoms with E-state index in [0.29, 0.717) is 0 Å². The maximum Gasteiger partial charge on any atom is 0.0343 e. The summed E-state index contributed by atoms with van der Waals surface area (Å²) in [6.07, 6.45) is 0. The highest BCUT2D eigenvalue weighted by Gasteiger charge is 1.96. The molecular weight excluding hydrogens is 232 g/mol. The van der Waals surface area contributed by atoms with Crippen LogP contribution in [0.4, 0.5) is 11.4 Å². The van der Waals surface area contributed by atoms with Gasteiger partial charge in [-0.1, -0.05) is 18.2 Å². The normalized spacial score (nSPS) is 10.3. The van der Waals surface area contributed by atoms with Crippen molar-refractivity contribution in [2.45, 2.75) is 20.8 Å². The van der Waals surface area contributed by atoms with E-state index in [4.69, 9.17) is 0 Å². The van der Waals surface area contributed by atoms with Gasteiger partial charge in [-0.2, -0.15) is 0 Å². The highest BCUT2D eigenvalue weighted by atomic mass is 14.9. The van der Waals surface area contributed by atoms with Crippen LogP contribution in [0.25, 0.3) is 0 Å². The molecule has 0 saturated heterocycles. The van der Waals surface area contributed by atoms with E-state index in [-0.39, 0.29) is 0 Å². The molecule has 0 heterocycles. The molecule has 2 heteroatoms. The average Bonchev–Trinajstić information content (AvgIpc) is 2.39. The van der Waals surface area contributed by atoms with Crippen LogP contribution in [0.1, 0.15) is 16.7 Å². The Kier molecular flexibility index (Phi) is 4.45. The summed E-state index contributed by atoms with van der Waals surface area (Å²) in [5.74, 6) is 0. The molecule has 2 aromatic rings. The predicted molar refractivity (Wildman–Crippen MR) is 84.1 cm³/mol. The van der Waals surface area contributed by atoms with Crippen molar-refractivity contribution >= 4 is 11.4 Å². The lowest BCUT2D eigenvalue weighted by Gasteiger charge is -2.10. The Labute approximate surface area is 115 Å². The number of hydrogen-bond acceptors (Lipinski definition) is 2. The fourth-order valence-electron chi connectivity index (χ4n) is 2.02. The summed E-state index contributed by atoms with van der Waals surface area (Å²) >= 11 is 0. The first kappa shape index (κ1) is 13.5. The van der Waals surface area contributed by atoms with Gasteiger partial charge in [-0.15, -0.1) is 0 Å². The van der Waals surface area contributed by atoms with Crippen LogP contribution in [-0.4, -0.2) is 13.1 Å². The molecule has 2 aromatic carbocycles. The summed E-state index contributed by atoms with van der Waals surface area (Å²) in [6, 6.07) is 14.9. The maximum absolute atomic E-state index is 3.44. The van der Waals surface area contributed by atoms with E-state index in [1.165, 1.54) is 28.1 Å². The lowest BCUT2D eigenvalue weighted by Crippen LogP contribution is -2.13. The molecule has 0 aliphatic rings. The van der Waals surface area contributed by atoms with Crippen molar-refractivity contribution in [1.29, 1.82) is 0 Å². The minimum Gasteiger partial charge on any atom is -0.383 e. The molecule has 0 fully saturated rings. The predicted octanol–water partition coefficient (Wildman–Crippen LogP) is 4.14. The van der Waals surface area contributed by atoms with Gasteiger partial charge in [0.25, 0.3) is 0 Å². The van der Waals surface area contributed by atoms with Crippen molar-refractivity contribution < 1.29 is 0 Å². The van der Waals surface area contributed by atoms with Gasteiger partial charge in [-0.3, -0.25) is 0 Å². The molecule has 0 unspecified atom stereocenters. The fourth-order valence-corrected chi connectivity index (χ4v) is 2.02. The summed E-state index contributed by atoms with van der Waals surface area (Å²) in [6.45, 7) is 8.22. The van der Waals surface area contributed by atoms with E-state index in [0.717, 1.165) is 13.1 Å². The van der Waals surface area contributed by atoms with Gasteiger partial charge >= 0.3 is 0 Å². The van der Waals surface area contributed by atoms with E-state index >= 15 is 0 Å². The molecule has 2 N–H and O–H groups in total. The smallest absolute Gasteiger partial charge is 0.0343 e. The second-order valence-electron chi connectivity index (χ2n) is 5.02. The molecule has 0 amide bonds. The van der Waals surface area contributed by atoms with Crippen LogP contribution in [0.2, 0.25) is 0 Å². The quantitative estimate of drug-likeness (QED) is 0.784. The Hall–Kier alpha value is -1.96. The number of hydrogen-bond donors (Lipinski definition) is 2. The van der Waals surface area contributed by atoms with Gasteiger partial charge < -0.3 is 10.6 Å². The maximum atomic E-state index is 3.44. The molecule has 0 bridgehead atoms. The van der Waals surface area contributed by atoms with E-state index in [9.17, 15) is 0 Å². The Bertz CT molecular complexity index is 547. The summed E-state index contributed by atoms with van der Waals surface area (Å²) < 4.78 is 0. The van der Waals surface area contributed by atoms with Gasteiger partial charge in [0.15, 0.2) is 0 Å². The van der Waals surface area contributed by atoms with E-state index in [1.807, 2.05) is 0 Å². The third-order valence-corrected chi connectivity index (χ3v) is 3.31. The second kappa shape index (κ2) is 6.28. The minimum absolute atomic E-state index is 0.913. The van der Waals surface area contributed by atoms with Gasteiger partial charge in [-0.25, -0.2) is 0 Å². The molecule has 0 saturated carbocycles. The van der Waals surface area contributed by atoms with Crippen LogP contribution < -0.4 is 10.6 Å². The highest BCUT2D eigenvalue weighted by molar-refractivity contribution is 5.49. The first-order chi connectivity index (χ1) is 9.15. The molecule has 0 atom stereocenters. The first-order valence-electron chi connectivity index (χ1n) is 6.77. The highest BCUT2D eigenvalue weighted by Crippen LogP contribution is 2.14. The van der Waals surface area contributed by atoms with Crippen molar-refractivity contribution in [3.63, 3.8) is 0 Å². The molecule has 19 heavy (non-hydrogen) atoms. The third-order valence-electron chi connectivity index (χ3n) is 3.31. The third kappa shape index (κ3) is 4.02.